The van der Waals surface area contributed by atoms with Crippen LogP contribution < -0.4 is 82.3 Å². The Balaban J connectivity index is 1.32. The summed E-state index contributed by atoms with van der Waals surface area (Å²) in [6.45, 7) is 5.98. The lowest BCUT2D eigenvalue weighted by Crippen LogP contribution is -2.61. The summed E-state index contributed by atoms with van der Waals surface area (Å²) in [7, 11) is 0. The number of nitrogens with one attached hydrogen (secondary N) is 10. The molecule has 5 rings (SSSR count). The summed E-state index contributed by atoms with van der Waals surface area (Å²) in [5, 5.41) is 43.0. The Morgan fingerprint density at radius 1 is 0.479 bits per heavy atom. The number of fused-ring (bicyclic) bond motifs is 1. The van der Waals surface area contributed by atoms with Crippen molar-refractivity contribution in [2.45, 2.75) is 140 Å². The fourth-order valence-electron chi connectivity index (χ4n) is 10.1. The van der Waals surface area contributed by atoms with Crippen molar-refractivity contribution in [2.24, 2.45) is 51.2 Å². The quantitative estimate of drug-likeness (QED) is 0.0108. The Labute approximate surface area is 553 Å². The summed E-state index contributed by atoms with van der Waals surface area (Å²) in [4.78, 5) is 171. The Morgan fingerprint density at radius 3 is 1.52 bits per heavy atom. The molecule has 31 nitrogen and oxygen atoms in total. The van der Waals surface area contributed by atoms with E-state index in [1.165, 1.54) is 48.5 Å². The number of para-hydroxylation sites is 1. The molecule has 0 aliphatic heterocycles. The van der Waals surface area contributed by atoms with Gasteiger partial charge in [0, 0.05) is 42.9 Å². The highest BCUT2D eigenvalue weighted by Gasteiger charge is 2.37. The summed E-state index contributed by atoms with van der Waals surface area (Å²) >= 11 is 0. The Hall–Kier alpha value is -11.1. The number of H-pyrrole nitrogens is 1. The molecule has 0 saturated heterocycles. The fraction of sp³-hybridized carbons (Fsp3) is 0.400. The number of rotatable bonds is 38. The van der Waals surface area contributed by atoms with E-state index in [0.29, 0.717) is 33.2 Å². The van der Waals surface area contributed by atoms with Gasteiger partial charge in [0.1, 0.15) is 59.8 Å². The maximum absolute atomic E-state index is 14.6. The number of hydrogen-bond donors (Lipinski definition) is 18. The molecule has 9 atom stereocenters. The molecule has 24 N–H and O–H groups in total. The lowest BCUT2D eigenvalue weighted by atomic mass is 10.00. The third-order valence-electron chi connectivity index (χ3n) is 15.1. The smallest absolute Gasteiger partial charge is 0.243 e. The van der Waals surface area contributed by atoms with Crippen LogP contribution in [0.5, 0.6) is 11.5 Å². The van der Waals surface area contributed by atoms with Gasteiger partial charge in [-0.25, -0.2) is 0 Å². The molecule has 96 heavy (non-hydrogen) atoms. The number of nitrogens with two attached hydrogens (primary N) is 6. The molecule has 0 aliphatic rings. The number of hydrogen-bond acceptors (Lipinski definition) is 16. The molecule has 1 heterocycles. The third kappa shape index (κ3) is 25.1. The lowest BCUT2D eigenvalue weighted by molar-refractivity contribution is -0.136. The number of phenols is 2. The predicted molar refractivity (Wildman–Crippen MR) is 353 cm³/mol. The molecule has 4 aromatic carbocycles. The first-order valence-electron chi connectivity index (χ1n) is 31.0. The zero-order valence-electron chi connectivity index (χ0n) is 53.7. The second-order valence-corrected chi connectivity index (χ2v) is 23.9. The number of carbonyl (C=O) groups is 12. The van der Waals surface area contributed by atoms with E-state index in [9.17, 15) is 67.7 Å². The average Bonchev–Trinajstić information content (AvgIpc) is 1.69. The van der Waals surface area contributed by atoms with E-state index in [4.69, 9.17) is 34.4 Å². The second-order valence-electron chi connectivity index (χ2n) is 23.9. The van der Waals surface area contributed by atoms with Gasteiger partial charge in [-0.15, -0.1) is 0 Å². The first-order valence-corrected chi connectivity index (χ1v) is 31.0. The highest BCUT2D eigenvalue weighted by Crippen LogP contribution is 2.21. The number of benzene rings is 4. The number of aliphatic imine (C=N–C) groups is 1. The van der Waals surface area contributed by atoms with Gasteiger partial charge in [0.25, 0.3) is 0 Å². The number of aromatic hydroxyl groups is 2. The predicted octanol–water partition coefficient (Wildman–Crippen LogP) is -2.84. The van der Waals surface area contributed by atoms with Crippen LogP contribution in [0.25, 0.3) is 10.9 Å². The van der Waals surface area contributed by atoms with E-state index < -0.39 is 151 Å². The van der Waals surface area contributed by atoms with E-state index in [0.717, 1.165) is 0 Å². The van der Waals surface area contributed by atoms with E-state index in [1.807, 2.05) is 0 Å². The van der Waals surface area contributed by atoms with Gasteiger partial charge in [0.2, 0.25) is 70.9 Å². The Kier molecular flexibility index (Phi) is 29.1. The zero-order chi connectivity index (χ0) is 70.8. The molecule has 5 aromatic rings. The molecular formula is C65H87N17O14. The van der Waals surface area contributed by atoms with Crippen molar-refractivity contribution in [1.29, 1.82) is 0 Å². The van der Waals surface area contributed by atoms with Gasteiger partial charge < -0.3 is 97.5 Å². The maximum Gasteiger partial charge on any atom is 0.243 e. The minimum atomic E-state index is -1.82. The fourth-order valence-corrected chi connectivity index (χ4v) is 10.1. The van der Waals surface area contributed by atoms with Crippen LogP contribution in [0.2, 0.25) is 0 Å². The molecule has 516 valence electrons. The van der Waals surface area contributed by atoms with Crippen LogP contribution in [0.15, 0.2) is 114 Å². The van der Waals surface area contributed by atoms with Crippen LogP contribution >= 0.6 is 0 Å². The van der Waals surface area contributed by atoms with E-state index >= 15 is 0 Å². The van der Waals surface area contributed by atoms with Crippen molar-refractivity contribution in [3.8, 4) is 11.5 Å². The summed E-state index contributed by atoms with van der Waals surface area (Å²) in [6.07, 6.45) is -0.371. The summed E-state index contributed by atoms with van der Waals surface area (Å²) in [5.41, 5.74) is 36.8. The molecule has 0 aliphatic carbocycles. The van der Waals surface area contributed by atoms with Gasteiger partial charge >= 0.3 is 0 Å². The Morgan fingerprint density at radius 2 is 0.948 bits per heavy atom. The van der Waals surface area contributed by atoms with Crippen molar-refractivity contribution in [1.82, 2.24) is 52.8 Å². The first kappa shape index (κ1) is 75.6. The minimum absolute atomic E-state index is 0.0275. The molecule has 31 heteroatoms. The molecular weight excluding hydrogens is 1240 g/mol. The van der Waals surface area contributed by atoms with Gasteiger partial charge in [0.05, 0.1) is 25.4 Å². The van der Waals surface area contributed by atoms with Crippen molar-refractivity contribution >= 4 is 87.7 Å². The summed E-state index contributed by atoms with van der Waals surface area (Å²) < 4.78 is 0. The van der Waals surface area contributed by atoms with E-state index in [1.54, 1.807) is 88.5 Å². The molecule has 12 amide bonds. The number of nitrogens with zero attached hydrogens (tertiary/aromatic N) is 1. The number of amides is 12. The maximum atomic E-state index is 14.6. The van der Waals surface area contributed by atoms with E-state index in [2.05, 4.69) is 57.8 Å². The van der Waals surface area contributed by atoms with Crippen LogP contribution in [0.3, 0.4) is 0 Å². The number of aromatic amines is 1. The van der Waals surface area contributed by atoms with Crippen molar-refractivity contribution < 1.29 is 67.7 Å². The molecule has 0 bridgehead atoms. The SMILES string of the molecule is CC(C)C[C@H](NC(=O)CNC(=O)[C@H](Cc1ccccc1)NC(=O)[C@@H](NC(=O)[C@H](CC(N)=O)NC(=O)[C@H](Cc1c[nH]c2ccccc12)NC(=O)[C@H](CC(N)=O)NC(=O)[C@@H](N)Cc1ccc(O)cc1)C(C)C)C(=O)N[C@@H](CCCN=C(N)N)C(=O)N[C@@H](Cc1ccc(O)cc1)C(N)=O. The molecule has 0 fully saturated rings. The van der Waals surface area contributed by atoms with E-state index in [-0.39, 0.29) is 74.9 Å². The van der Waals surface area contributed by atoms with Gasteiger partial charge in [-0.05, 0) is 90.1 Å². The number of carbonyl (C=O) groups excluding carboxylic acids is 12. The normalized spacial score (nSPS) is 13.9. The van der Waals surface area contributed by atoms with Gasteiger partial charge in [-0.2, -0.15) is 0 Å². The van der Waals surface area contributed by atoms with Crippen molar-refractivity contribution in [2.75, 3.05) is 13.1 Å². The topological polar surface area (TPSA) is 538 Å². The number of aromatic nitrogens is 1. The molecule has 0 unspecified atom stereocenters. The molecule has 0 spiro atoms. The highest BCUT2D eigenvalue weighted by molar-refractivity contribution is 6.00. The van der Waals surface area contributed by atoms with Crippen LogP contribution in [0.4, 0.5) is 0 Å². The average molecular weight is 1330 g/mol. The van der Waals surface area contributed by atoms with Crippen LogP contribution in [-0.4, -0.2) is 160 Å². The molecule has 0 saturated carbocycles. The van der Waals surface area contributed by atoms with Gasteiger partial charge in [-0.1, -0.05) is 100 Å². The lowest BCUT2D eigenvalue weighted by Gasteiger charge is -2.28. The van der Waals surface area contributed by atoms with Crippen LogP contribution in [-0.2, 0) is 83.2 Å². The first-order chi connectivity index (χ1) is 45.5. The molecule has 1 aromatic heterocycles. The minimum Gasteiger partial charge on any atom is -0.508 e. The number of primary amides is 3. The van der Waals surface area contributed by atoms with Crippen LogP contribution in [0.1, 0.15) is 82.1 Å². The van der Waals surface area contributed by atoms with Crippen molar-refractivity contribution in [3.63, 3.8) is 0 Å². The Bertz CT molecular complexity index is 3560. The molecule has 0 radical (unpaired) electrons. The number of guanidine groups is 1. The van der Waals surface area contributed by atoms with Crippen LogP contribution in [0, 0.1) is 11.8 Å². The summed E-state index contributed by atoms with van der Waals surface area (Å²) in [6, 6.07) is 14.0. The third-order valence-corrected chi connectivity index (χ3v) is 15.1. The van der Waals surface area contributed by atoms with Gasteiger partial charge in [-0.3, -0.25) is 62.5 Å². The second kappa shape index (κ2) is 37.0. The monoisotopic (exact) mass is 1330 g/mol. The largest absolute Gasteiger partial charge is 0.508 e. The van der Waals surface area contributed by atoms with Crippen molar-refractivity contribution in [3.05, 3.63) is 132 Å². The zero-order valence-corrected chi connectivity index (χ0v) is 53.7. The standard InChI is InChI=1S/C65H87N17O14/c1-34(2)25-47(60(92)76-45(15-10-24-72-65(70)71)59(91)77-46(56(69)88)27-38-18-22-41(84)23-19-38)75-54(87)33-74-58(90)48(28-36-11-6-5-7-12-36)81-64(96)55(35(3)4)82-63(95)51(31-53(68)86)80-61(93)49(29-39-32-73-44-14-9-8-13-42(39)44)79-62(94)50(30-52(67)85)78-57(89)43(66)26-37-16-20-40(83)21-17-37/h5-9,11-14,16-23,32,34-35,43,45-51,55,73,83-84H,10,15,24-31,33,66H2,1-4H3,(H2,67,85)(H2,68,86)(H2,69,88)(H,74,90)(H,75,87)(H,76,92)(H,77,91)(H,78,89)(H,79,94)(H,80,93)(H,81,96)(H,82,95)(H4,70,71,72)/t43-,45-,46-,47-,48-,49-,50-,51-,55-/m0/s1. The number of phenolic OH excluding ortho intramolecular Hbond substituents is 2. The highest BCUT2D eigenvalue weighted by atomic mass is 16.3. The van der Waals surface area contributed by atoms with Gasteiger partial charge in [0.15, 0.2) is 5.96 Å². The summed E-state index contributed by atoms with van der Waals surface area (Å²) in [5.74, 6) is -12.6.